The lowest BCUT2D eigenvalue weighted by Gasteiger charge is -2.40. The average molecular weight is 367 g/mol. The molecule has 5 heteroatoms. The molecule has 2 aliphatic heterocycles. The summed E-state index contributed by atoms with van der Waals surface area (Å²) in [7, 11) is 1.54. The van der Waals surface area contributed by atoms with Gasteiger partial charge in [0, 0.05) is 33.3 Å². The number of rotatable bonds is 9. The van der Waals surface area contributed by atoms with Crippen LogP contribution in [0.2, 0.25) is 0 Å². The van der Waals surface area contributed by atoms with Crippen molar-refractivity contribution < 1.29 is 14.3 Å². The maximum atomic E-state index is 11.5. The van der Waals surface area contributed by atoms with Crippen LogP contribution in [0.4, 0.5) is 0 Å². The molecule has 2 atom stereocenters. The number of methoxy groups -OCH3 is 1. The van der Waals surface area contributed by atoms with Gasteiger partial charge in [0.05, 0.1) is 11.7 Å². The molecule has 0 bridgehead atoms. The molecule has 2 rings (SSSR count). The molecule has 1 N–H and O–H groups in total. The molecule has 2 aliphatic rings. The largest absolute Gasteiger partial charge is 0.375 e. The predicted molar refractivity (Wildman–Crippen MR) is 105 cm³/mol. The molecule has 0 unspecified atom stereocenters. The second-order valence-corrected chi connectivity index (χ2v) is 8.46. The topological polar surface area (TPSA) is 50.8 Å². The SMILES string of the molecule is COCC(=O)NC[C@@H]1CCC2(CCN(C[C@H](C)CCC=C(C)C)CC2)O1. The van der Waals surface area contributed by atoms with Crippen molar-refractivity contribution in [2.24, 2.45) is 5.92 Å². The number of hydrogen-bond donors (Lipinski definition) is 1. The van der Waals surface area contributed by atoms with E-state index in [9.17, 15) is 4.79 Å². The van der Waals surface area contributed by atoms with Crippen molar-refractivity contribution in [3.8, 4) is 0 Å². The summed E-state index contributed by atoms with van der Waals surface area (Å²) in [4.78, 5) is 14.1. The summed E-state index contributed by atoms with van der Waals surface area (Å²) in [5.41, 5.74) is 1.47. The Morgan fingerprint density at radius 3 is 2.73 bits per heavy atom. The molecule has 0 saturated carbocycles. The van der Waals surface area contributed by atoms with Crippen molar-refractivity contribution in [1.29, 1.82) is 0 Å². The van der Waals surface area contributed by atoms with Gasteiger partial charge in [-0.2, -0.15) is 0 Å². The third-order valence-corrected chi connectivity index (χ3v) is 5.69. The van der Waals surface area contributed by atoms with Gasteiger partial charge < -0.3 is 19.7 Å². The Morgan fingerprint density at radius 1 is 1.35 bits per heavy atom. The first-order valence-electron chi connectivity index (χ1n) is 10.2. The van der Waals surface area contributed by atoms with Gasteiger partial charge in [-0.15, -0.1) is 0 Å². The minimum Gasteiger partial charge on any atom is -0.375 e. The number of hydrogen-bond acceptors (Lipinski definition) is 4. The number of nitrogens with zero attached hydrogens (tertiary/aromatic N) is 1. The molecule has 2 fully saturated rings. The standard InChI is InChI=1S/C21H38N2O3/c1-17(2)6-5-7-18(3)15-23-12-10-21(11-13-23)9-8-19(26-21)14-22-20(24)16-25-4/h6,18-19H,5,7-16H2,1-4H3,(H,22,24)/t18-,19+/m1/s1. The van der Waals surface area contributed by atoms with Crippen molar-refractivity contribution in [3.63, 3.8) is 0 Å². The highest BCUT2D eigenvalue weighted by molar-refractivity contribution is 5.77. The smallest absolute Gasteiger partial charge is 0.246 e. The second kappa shape index (κ2) is 10.4. The van der Waals surface area contributed by atoms with Gasteiger partial charge in [-0.05, 0) is 58.3 Å². The number of carbonyl (C=O) groups is 1. The van der Waals surface area contributed by atoms with E-state index in [2.05, 4.69) is 37.1 Å². The molecule has 0 aromatic heterocycles. The lowest BCUT2D eigenvalue weighted by atomic mass is 9.88. The maximum absolute atomic E-state index is 11.5. The average Bonchev–Trinajstić information content (AvgIpc) is 2.98. The molecule has 150 valence electrons. The quantitative estimate of drug-likeness (QED) is 0.637. The number of ether oxygens (including phenoxy) is 2. The molecule has 2 saturated heterocycles. The molecule has 2 heterocycles. The van der Waals surface area contributed by atoms with E-state index in [1.807, 2.05) is 0 Å². The lowest BCUT2D eigenvalue weighted by Crippen LogP contribution is -2.46. The van der Waals surface area contributed by atoms with Crippen LogP contribution in [0, 0.1) is 5.92 Å². The molecule has 0 aliphatic carbocycles. The molecule has 1 spiro atoms. The third-order valence-electron chi connectivity index (χ3n) is 5.69. The van der Waals surface area contributed by atoms with Crippen LogP contribution in [0.5, 0.6) is 0 Å². The lowest BCUT2D eigenvalue weighted by molar-refractivity contribution is -0.126. The maximum Gasteiger partial charge on any atom is 0.246 e. The van der Waals surface area contributed by atoms with E-state index in [4.69, 9.17) is 9.47 Å². The Morgan fingerprint density at radius 2 is 2.08 bits per heavy atom. The first kappa shape index (κ1) is 21.4. The minimum atomic E-state index is -0.0611. The first-order valence-corrected chi connectivity index (χ1v) is 10.2. The summed E-state index contributed by atoms with van der Waals surface area (Å²) in [5, 5.41) is 2.91. The van der Waals surface area contributed by atoms with Crippen molar-refractivity contribution in [2.45, 2.75) is 71.0 Å². The Bertz CT molecular complexity index is 466. The summed E-state index contributed by atoms with van der Waals surface area (Å²) in [6.07, 6.45) is 9.39. The van der Waals surface area contributed by atoms with Crippen molar-refractivity contribution >= 4 is 5.91 Å². The Hall–Kier alpha value is -0.910. The van der Waals surface area contributed by atoms with Gasteiger partial charge in [0.2, 0.25) is 5.91 Å². The molecular weight excluding hydrogens is 328 g/mol. The molecular formula is C21H38N2O3. The van der Waals surface area contributed by atoms with Gasteiger partial charge in [0.15, 0.2) is 0 Å². The van der Waals surface area contributed by atoms with Crippen LogP contribution in [0.15, 0.2) is 11.6 Å². The molecule has 26 heavy (non-hydrogen) atoms. The summed E-state index contributed by atoms with van der Waals surface area (Å²) < 4.78 is 11.2. The summed E-state index contributed by atoms with van der Waals surface area (Å²) in [5.74, 6) is 0.682. The second-order valence-electron chi connectivity index (χ2n) is 8.46. The minimum absolute atomic E-state index is 0.0540. The van der Waals surface area contributed by atoms with Crippen molar-refractivity contribution in [1.82, 2.24) is 10.2 Å². The van der Waals surface area contributed by atoms with Gasteiger partial charge in [0.1, 0.15) is 6.61 Å². The van der Waals surface area contributed by atoms with Crippen LogP contribution in [-0.2, 0) is 14.3 Å². The van der Waals surface area contributed by atoms with E-state index in [0.717, 1.165) is 44.7 Å². The number of nitrogens with one attached hydrogen (secondary N) is 1. The number of piperidine rings is 1. The monoisotopic (exact) mass is 366 g/mol. The fraction of sp³-hybridized carbons (Fsp3) is 0.857. The molecule has 1 amide bonds. The first-order chi connectivity index (χ1) is 12.4. The number of amides is 1. The zero-order valence-corrected chi connectivity index (χ0v) is 17.2. The zero-order chi connectivity index (χ0) is 19.0. The molecule has 0 aromatic carbocycles. The highest BCUT2D eigenvalue weighted by Gasteiger charge is 2.42. The molecule has 0 radical (unpaired) electrons. The predicted octanol–water partition coefficient (Wildman–Crippen LogP) is 3.15. The third kappa shape index (κ3) is 7.01. The highest BCUT2D eigenvalue weighted by atomic mass is 16.5. The van der Waals surface area contributed by atoms with Crippen LogP contribution in [0.3, 0.4) is 0 Å². The Balaban J connectivity index is 1.66. The number of allylic oxidation sites excluding steroid dienone is 2. The van der Waals surface area contributed by atoms with Crippen LogP contribution in [0.1, 0.15) is 59.3 Å². The van der Waals surface area contributed by atoms with Gasteiger partial charge in [0.25, 0.3) is 0 Å². The van der Waals surface area contributed by atoms with Crippen molar-refractivity contribution in [3.05, 3.63) is 11.6 Å². The normalized spacial score (nSPS) is 23.8. The van der Waals surface area contributed by atoms with Gasteiger partial charge in [-0.25, -0.2) is 0 Å². The van der Waals surface area contributed by atoms with Gasteiger partial charge in [-0.3, -0.25) is 4.79 Å². The number of carbonyl (C=O) groups excluding carboxylic acids is 1. The van der Waals surface area contributed by atoms with E-state index in [0.29, 0.717) is 6.54 Å². The highest BCUT2D eigenvalue weighted by Crippen LogP contribution is 2.38. The van der Waals surface area contributed by atoms with Crippen LogP contribution >= 0.6 is 0 Å². The van der Waals surface area contributed by atoms with Crippen LogP contribution in [0.25, 0.3) is 0 Å². The fourth-order valence-electron chi connectivity index (χ4n) is 4.15. The van der Waals surface area contributed by atoms with Crippen LogP contribution < -0.4 is 5.32 Å². The summed E-state index contributed by atoms with van der Waals surface area (Å²) >= 11 is 0. The van der Waals surface area contributed by atoms with Gasteiger partial charge in [-0.1, -0.05) is 18.6 Å². The summed E-state index contributed by atoms with van der Waals surface area (Å²) in [6, 6.07) is 0. The van der Waals surface area contributed by atoms with Crippen LogP contribution in [-0.4, -0.2) is 62.4 Å². The Kier molecular flexibility index (Phi) is 8.58. The van der Waals surface area contributed by atoms with E-state index in [-0.39, 0.29) is 24.2 Å². The fourth-order valence-corrected chi connectivity index (χ4v) is 4.15. The Labute approximate surface area is 159 Å². The summed E-state index contributed by atoms with van der Waals surface area (Å²) in [6.45, 7) is 10.9. The molecule has 0 aromatic rings. The number of likely N-dealkylation sites (tertiary alicyclic amines) is 1. The van der Waals surface area contributed by atoms with E-state index < -0.39 is 0 Å². The van der Waals surface area contributed by atoms with E-state index in [1.165, 1.54) is 32.1 Å². The van der Waals surface area contributed by atoms with E-state index >= 15 is 0 Å². The van der Waals surface area contributed by atoms with E-state index in [1.54, 1.807) is 0 Å². The van der Waals surface area contributed by atoms with Crippen molar-refractivity contribution in [2.75, 3.05) is 39.9 Å². The zero-order valence-electron chi connectivity index (χ0n) is 17.2. The molecule has 5 nitrogen and oxygen atoms in total. The van der Waals surface area contributed by atoms with Gasteiger partial charge >= 0.3 is 0 Å².